The predicted octanol–water partition coefficient (Wildman–Crippen LogP) is 4.34. The van der Waals surface area contributed by atoms with Gasteiger partial charge in [-0.1, -0.05) is 35.2 Å². The van der Waals surface area contributed by atoms with Gasteiger partial charge in [-0.2, -0.15) is 0 Å². The zero-order chi connectivity index (χ0) is 10.7. The van der Waals surface area contributed by atoms with E-state index >= 15 is 0 Å². The molecular formula is C12H18BrNS. The molecule has 0 N–H and O–H groups in total. The van der Waals surface area contributed by atoms with Gasteiger partial charge < -0.3 is 0 Å². The zero-order valence-electron chi connectivity index (χ0n) is 9.21. The van der Waals surface area contributed by atoms with Gasteiger partial charge >= 0.3 is 0 Å². The van der Waals surface area contributed by atoms with Crippen molar-refractivity contribution in [3.05, 3.63) is 16.1 Å². The van der Waals surface area contributed by atoms with Gasteiger partial charge in [0.2, 0.25) is 0 Å². The largest absolute Gasteiger partial charge is 0.247 e. The third-order valence-corrected chi connectivity index (χ3v) is 5.36. The number of hydrogen-bond donors (Lipinski definition) is 0. The molecule has 0 aliphatic heterocycles. The van der Waals surface area contributed by atoms with Crippen LogP contribution in [0.15, 0.2) is 5.38 Å². The minimum atomic E-state index is 0.712. The molecule has 3 heteroatoms. The lowest BCUT2D eigenvalue weighted by Crippen LogP contribution is -2.15. The first kappa shape index (κ1) is 11.6. The second-order valence-corrected chi connectivity index (χ2v) is 6.62. The highest BCUT2D eigenvalue weighted by Gasteiger charge is 2.22. The molecule has 0 bridgehead atoms. The fraction of sp³-hybridized carbons (Fsp3) is 0.750. The van der Waals surface area contributed by atoms with Gasteiger partial charge in [0.25, 0.3) is 0 Å². The van der Waals surface area contributed by atoms with Crippen LogP contribution in [0, 0.1) is 12.8 Å². The highest BCUT2D eigenvalue weighted by atomic mass is 79.9. The standard InChI is InChI=1S/C12H18BrNS/c1-9-8-15-12(14-9)7-10-5-3-2-4-6-11(10)13/h8,10-11H,2-7H2,1H3. The Morgan fingerprint density at radius 2 is 2.20 bits per heavy atom. The molecule has 0 saturated heterocycles. The van der Waals surface area contributed by atoms with Gasteiger partial charge in [-0.25, -0.2) is 4.98 Å². The Bertz CT molecular complexity index is 310. The second kappa shape index (κ2) is 5.44. The lowest BCUT2D eigenvalue weighted by atomic mass is 9.97. The topological polar surface area (TPSA) is 12.9 Å². The van der Waals surface area contributed by atoms with E-state index in [-0.39, 0.29) is 0 Å². The van der Waals surface area contributed by atoms with Gasteiger partial charge in [0, 0.05) is 22.3 Å². The molecule has 2 atom stereocenters. The Morgan fingerprint density at radius 3 is 2.93 bits per heavy atom. The number of nitrogens with zero attached hydrogens (tertiary/aromatic N) is 1. The Balaban J connectivity index is 1.97. The molecule has 1 aromatic heterocycles. The molecule has 1 saturated carbocycles. The summed E-state index contributed by atoms with van der Waals surface area (Å²) < 4.78 is 0. The van der Waals surface area contributed by atoms with Crippen molar-refractivity contribution in [1.29, 1.82) is 0 Å². The first-order valence-electron chi connectivity index (χ1n) is 5.81. The monoisotopic (exact) mass is 287 g/mol. The molecule has 15 heavy (non-hydrogen) atoms. The van der Waals surface area contributed by atoms with E-state index in [0.717, 1.165) is 5.92 Å². The molecular weight excluding hydrogens is 270 g/mol. The maximum atomic E-state index is 4.57. The molecule has 1 aliphatic rings. The number of alkyl halides is 1. The van der Waals surface area contributed by atoms with Crippen molar-refractivity contribution < 1.29 is 0 Å². The van der Waals surface area contributed by atoms with Crippen molar-refractivity contribution in [3.8, 4) is 0 Å². The molecule has 84 valence electrons. The smallest absolute Gasteiger partial charge is 0.0931 e. The van der Waals surface area contributed by atoms with E-state index in [4.69, 9.17) is 0 Å². The zero-order valence-corrected chi connectivity index (χ0v) is 11.6. The fourth-order valence-electron chi connectivity index (χ4n) is 2.29. The van der Waals surface area contributed by atoms with Crippen molar-refractivity contribution in [2.45, 2.75) is 50.3 Å². The number of thiazole rings is 1. The van der Waals surface area contributed by atoms with E-state index in [2.05, 4.69) is 33.2 Å². The fourth-order valence-corrected chi connectivity index (χ4v) is 3.93. The van der Waals surface area contributed by atoms with Gasteiger partial charge in [0.1, 0.15) is 0 Å². The Kier molecular flexibility index (Phi) is 4.21. The van der Waals surface area contributed by atoms with Gasteiger partial charge in [0.05, 0.1) is 5.01 Å². The third kappa shape index (κ3) is 3.28. The van der Waals surface area contributed by atoms with Gasteiger partial charge in [-0.15, -0.1) is 11.3 Å². The van der Waals surface area contributed by atoms with Crippen LogP contribution in [0.2, 0.25) is 0 Å². The first-order chi connectivity index (χ1) is 7.25. The van der Waals surface area contributed by atoms with Crippen molar-refractivity contribution in [1.82, 2.24) is 4.98 Å². The Morgan fingerprint density at radius 1 is 1.40 bits per heavy atom. The van der Waals surface area contributed by atoms with Crippen LogP contribution >= 0.6 is 27.3 Å². The van der Waals surface area contributed by atoms with Crippen molar-refractivity contribution in [2.24, 2.45) is 5.92 Å². The van der Waals surface area contributed by atoms with Crippen molar-refractivity contribution >= 4 is 27.3 Å². The molecule has 1 aromatic rings. The molecule has 0 amide bonds. The summed E-state index contributed by atoms with van der Waals surface area (Å²) >= 11 is 5.67. The minimum absolute atomic E-state index is 0.712. The number of rotatable bonds is 2. The Hall–Kier alpha value is 0.110. The maximum Gasteiger partial charge on any atom is 0.0931 e. The normalized spacial score (nSPS) is 27.6. The van der Waals surface area contributed by atoms with Crippen molar-refractivity contribution in [3.63, 3.8) is 0 Å². The SMILES string of the molecule is Cc1csc(CC2CCCCCC2Br)n1. The molecule has 0 aromatic carbocycles. The molecule has 1 fully saturated rings. The van der Waals surface area contributed by atoms with Crippen LogP contribution in [0.25, 0.3) is 0 Å². The van der Waals surface area contributed by atoms with Gasteiger partial charge in [0.15, 0.2) is 0 Å². The second-order valence-electron chi connectivity index (χ2n) is 4.50. The first-order valence-corrected chi connectivity index (χ1v) is 7.60. The van der Waals surface area contributed by atoms with Gasteiger partial charge in [-0.05, 0) is 25.7 Å². The molecule has 0 radical (unpaired) electrons. The minimum Gasteiger partial charge on any atom is -0.247 e. The summed E-state index contributed by atoms with van der Waals surface area (Å²) in [7, 11) is 0. The van der Waals surface area contributed by atoms with Crippen LogP contribution < -0.4 is 0 Å². The van der Waals surface area contributed by atoms with Crippen molar-refractivity contribution in [2.75, 3.05) is 0 Å². The van der Waals surface area contributed by atoms with Crippen LogP contribution in [-0.4, -0.2) is 9.81 Å². The summed E-state index contributed by atoms with van der Waals surface area (Å²) in [5.41, 5.74) is 1.18. The maximum absolute atomic E-state index is 4.57. The lowest BCUT2D eigenvalue weighted by Gasteiger charge is -2.18. The average Bonchev–Trinajstić information content (AvgIpc) is 2.50. The number of halogens is 1. The molecule has 0 spiro atoms. The van der Waals surface area contributed by atoms with Crippen LogP contribution in [0.1, 0.15) is 42.8 Å². The Labute approximate surface area is 104 Å². The highest BCUT2D eigenvalue weighted by Crippen LogP contribution is 2.31. The summed E-state index contributed by atoms with van der Waals surface area (Å²) in [6, 6.07) is 0. The van der Waals surface area contributed by atoms with E-state index in [9.17, 15) is 0 Å². The van der Waals surface area contributed by atoms with Crippen LogP contribution in [0.4, 0.5) is 0 Å². The molecule has 1 nitrogen and oxygen atoms in total. The quantitative estimate of drug-likeness (QED) is 0.583. The van der Waals surface area contributed by atoms with Gasteiger partial charge in [-0.3, -0.25) is 0 Å². The van der Waals surface area contributed by atoms with Crippen LogP contribution in [0.3, 0.4) is 0 Å². The van der Waals surface area contributed by atoms with E-state index in [1.54, 1.807) is 0 Å². The summed E-state index contributed by atoms with van der Waals surface area (Å²) in [6.45, 7) is 2.08. The number of aromatic nitrogens is 1. The number of hydrogen-bond acceptors (Lipinski definition) is 2. The molecule has 1 aliphatic carbocycles. The third-order valence-electron chi connectivity index (χ3n) is 3.17. The summed E-state index contributed by atoms with van der Waals surface area (Å²) in [5, 5.41) is 3.48. The molecule has 2 rings (SSSR count). The number of aryl methyl sites for hydroxylation is 1. The van der Waals surface area contributed by atoms with E-state index < -0.39 is 0 Å². The summed E-state index contributed by atoms with van der Waals surface area (Å²) in [5.74, 6) is 0.804. The lowest BCUT2D eigenvalue weighted by molar-refractivity contribution is 0.474. The van der Waals surface area contributed by atoms with E-state index in [0.29, 0.717) is 4.83 Å². The predicted molar refractivity (Wildman–Crippen MR) is 69.8 cm³/mol. The highest BCUT2D eigenvalue weighted by molar-refractivity contribution is 9.09. The van der Waals surface area contributed by atoms with Crippen LogP contribution in [-0.2, 0) is 6.42 Å². The van der Waals surface area contributed by atoms with E-state index in [1.807, 2.05) is 11.3 Å². The molecule has 1 heterocycles. The van der Waals surface area contributed by atoms with Crippen LogP contribution in [0.5, 0.6) is 0 Å². The van der Waals surface area contributed by atoms with E-state index in [1.165, 1.54) is 49.2 Å². The average molecular weight is 288 g/mol. The molecule has 2 unspecified atom stereocenters. The summed E-state index contributed by atoms with van der Waals surface area (Å²) in [4.78, 5) is 5.28. The summed E-state index contributed by atoms with van der Waals surface area (Å²) in [6.07, 6.45) is 8.09.